The first kappa shape index (κ1) is 19.1. The molecule has 0 aliphatic heterocycles. The summed E-state index contributed by atoms with van der Waals surface area (Å²) in [6.07, 6.45) is -3.33. The third kappa shape index (κ3) is 4.78. The molecular weight excluding hydrogens is 324 g/mol. The molecular formula is C15H16O9. The number of hydrogen-bond donors (Lipinski definition) is 4. The molecule has 0 fully saturated rings. The van der Waals surface area contributed by atoms with Crippen molar-refractivity contribution in [3.05, 3.63) is 35.4 Å². The van der Waals surface area contributed by atoms with Crippen LogP contribution in [0.1, 0.15) is 41.8 Å². The van der Waals surface area contributed by atoms with Crippen LogP contribution in [0, 0.1) is 0 Å². The molecule has 0 aromatic heterocycles. The summed E-state index contributed by atoms with van der Waals surface area (Å²) in [6, 6.07) is 5.43. The molecule has 0 amide bonds. The van der Waals surface area contributed by atoms with Crippen molar-refractivity contribution >= 4 is 23.9 Å². The van der Waals surface area contributed by atoms with Crippen LogP contribution in [-0.2, 0) is 19.1 Å². The van der Waals surface area contributed by atoms with Crippen molar-refractivity contribution in [3.8, 4) is 0 Å². The van der Waals surface area contributed by atoms with Crippen molar-refractivity contribution in [2.75, 3.05) is 0 Å². The van der Waals surface area contributed by atoms with Crippen molar-refractivity contribution in [1.29, 1.82) is 0 Å². The molecule has 0 spiro atoms. The fraction of sp³-hybridized carbons (Fsp3) is 0.333. The van der Waals surface area contributed by atoms with Gasteiger partial charge in [-0.2, -0.15) is 0 Å². The van der Waals surface area contributed by atoms with Crippen LogP contribution in [0.15, 0.2) is 24.3 Å². The summed E-state index contributed by atoms with van der Waals surface area (Å²) >= 11 is 0. The molecule has 130 valence electrons. The average Bonchev–Trinajstić information content (AvgIpc) is 2.45. The van der Waals surface area contributed by atoms with Crippen molar-refractivity contribution in [1.82, 2.24) is 0 Å². The molecule has 9 nitrogen and oxygen atoms in total. The first-order chi connectivity index (χ1) is 11.1. The molecule has 1 aromatic rings. The van der Waals surface area contributed by atoms with Crippen molar-refractivity contribution in [2.24, 2.45) is 0 Å². The Balaban J connectivity index is 3.19. The summed E-state index contributed by atoms with van der Waals surface area (Å²) in [4.78, 5) is 45.3. The van der Waals surface area contributed by atoms with Gasteiger partial charge >= 0.3 is 23.9 Å². The van der Waals surface area contributed by atoms with Crippen LogP contribution < -0.4 is 0 Å². The molecule has 0 heterocycles. The van der Waals surface area contributed by atoms with Gasteiger partial charge in [-0.05, 0) is 24.6 Å². The molecule has 0 saturated carbocycles. The first-order valence-electron chi connectivity index (χ1n) is 6.76. The summed E-state index contributed by atoms with van der Waals surface area (Å²) < 4.78 is 4.76. The molecule has 0 bridgehead atoms. The maximum Gasteiger partial charge on any atom is 0.349 e. The summed E-state index contributed by atoms with van der Waals surface area (Å²) in [5.41, 5.74) is -2.54. The van der Waals surface area contributed by atoms with E-state index in [0.29, 0.717) is 5.56 Å². The molecule has 0 aliphatic rings. The third-order valence-corrected chi connectivity index (χ3v) is 3.16. The average molecular weight is 340 g/mol. The lowest BCUT2D eigenvalue weighted by atomic mass is 9.95. The fourth-order valence-corrected chi connectivity index (χ4v) is 1.98. The quantitative estimate of drug-likeness (QED) is 0.499. The predicted octanol–water partition coefficient (Wildman–Crippen LogP) is 0.669. The highest BCUT2D eigenvalue weighted by atomic mass is 16.6. The predicted molar refractivity (Wildman–Crippen MR) is 77.4 cm³/mol. The second-order valence-electron chi connectivity index (χ2n) is 5.13. The van der Waals surface area contributed by atoms with E-state index < -0.39 is 48.4 Å². The number of carbonyl (C=O) groups is 4. The molecule has 0 saturated heterocycles. The van der Waals surface area contributed by atoms with Crippen LogP contribution in [0.3, 0.4) is 0 Å². The maximum absolute atomic E-state index is 12.1. The number of carbonyl (C=O) groups excluding carboxylic acids is 1. The van der Waals surface area contributed by atoms with Gasteiger partial charge < -0.3 is 25.2 Å². The molecule has 4 N–H and O–H groups in total. The van der Waals surface area contributed by atoms with E-state index in [0.717, 1.165) is 0 Å². The van der Waals surface area contributed by atoms with Gasteiger partial charge in [-0.1, -0.05) is 12.1 Å². The second kappa shape index (κ2) is 7.55. The number of hydrogen-bond acceptors (Lipinski definition) is 6. The van der Waals surface area contributed by atoms with Crippen LogP contribution in [0.2, 0.25) is 0 Å². The number of carboxylic acids is 3. The van der Waals surface area contributed by atoms with Crippen LogP contribution >= 0.6 is 0 Å². The SMILES string of the molecule is CC(O)c1cccc(C(=O)OC(CC(=O)O)(CC(=O)O)C(=O)O)c1. The van der Waals surface area contributed by atoms with Crippen molar-refractivity contribution < 1.29 is 44.3 Å². The van der Waals surface area contributed by atoms with E-state index >= 15 is 0 Å². The Hall–Kier alpha value is -2.94. The van der Waals surface area contributed by atoms with Crippen LogP contribution in [0.4, 0.5) is 0 Å². The Morgan fingerprint density at radius 2 is 1.62 bits per heavy atom. The highest BCUT2D eigenvalue weighted by Crippen LogP contribution is 2.25. The molecule has 0 radical (unpaired) electrons. The molecule has 1 aromatic carbocycles. The zero-order chi connectivity index (χ0) is 18.5. The zero-order valence-electron chi connectivity index (χ0n) is 12.6. The van der Waals surface area contributed by atoms with E-state index in [2.05, 4.69) is 0 Å². The van der Waals surface area contributed by atoms with Crippen LogP contribution in [0.5, 0.6) is 0 Å². The lowest BCUT2D eigenvalue weighted by Crippen LogP contribution is -2.47. The Morgan fingerprint density at radius 1 is 1.08 bits per heavy atom. The monoisotopic (exact) mass is 340 g/mol. The standard InChI is InChI=1S/C15H16O9/c1-8(16)9-3-2-4-10(5-9)13(21)24-15(14(22)23,6-11(17)18)7-12(19)20/h2-5,8,16H,6-7H2,1H3,(H,17,18)(H,19,20)(H,22,23). The largest absolute Gasteiger partial charge is 0.481 e. The molecule has 1 atom stereocenters. The van der Waals surface area contributed by atoms with Gasteiger partial charge in [-0.15, -0.1) is 0 Å². The Bertz CT molecular complexity index is 647. The summed E-state index contributed by atoms with van der Waals surface area (Å²) in [6.45, 7) is 1.45. The minimum Gasteiger partial charge on any atom is -0.481 e. The lowest BCUT2D eigenvalue weighted by molar-refractivity contribution is -0.171. The second-order valence-corrected chi connectivity index (χ2v) is 5.13. The molecule has 1 rings (SSSR count). The van der Waals surface area contributed by atoms with E-state index in [4.69, 9.17) is 14.9 Å². The van der Waals surface area contributed by atoms with E-state index in [-0.39, 0.29) is 5.56 Å². The van der Waals surface area contributed by atoms with Crippen LogP contribution in [0.25, 0.3) is 0 Å². The highest BCUT2D eigenvalue weighted by Gasteiger charge is 2.47. The first-order valence-corrected chi connectivity index (χ1v) is 6.76. The maximum atomic E-state index is 12.1. The molecule has 0 aliphatic carbocycles. The van der Waals surface area contributed by atoms with Crippen molar-refractivity contribution in [2.45, 2.75) is 31.5 Å². The van der Waals surface area contributed by atoms with Gasteiger partial charge in [0.25, 0.3) is 0 Å². The number of carboxylic acid groups (broad SMARTS) is 3. The summed E-state index contributed by atoms with van der Waals surface area (Å²) in [5.74, 6) is -6.36. The van der Waals surface area contributed by atoms with Gasteiger partial charge in [-0.25, -0.2) is 9.59 Å². The van der Waals surface area contributed by atoms with Gasteiger partial charge in [0.05, 0.1) is 24.5 Å². The lowest BCUT2D eigenvalue weighted by Gasteiger charge is -2.26. The van der Waals surface area contributed by atoms with Crippen LogP contribution in [-0.4, -0.2) is 49.9 Å². The number of aliphatic hydroxyl groups is 1. The van der Waals surface area contributed by atoms with E-state index in [9.17, 15) is 29.4 Å². The Morgan fingerprint density at radius 3 is 2.04 bits per heavy atom. The van der Waals surface area contributed by atoms with Gasteiger partial charge in [0.2, 0.25) is 5.60 Å². The summed E-state index contributed by atoms with van der Waals surface area (Å²) in [5, 5.41) is 36.4. The minimum atomic E-state index is -2.74. The minimum absolute atomic E-state index is 0.144. The number of aliphatic hydroxyl groups excluding tert-OH is 1. The Kier molecular flexibility index (Phi) is 6.01. The van der Waals surface area contributed by atoms with E-state index in [1.54, 1.807) is 0 Å². The Labute approximate surface area is 136 Å². The van der Waals surface area contributed by atoms with Gasteiger partial charge in [0, 0.05) is 0 Å². The van der Waals surface area contributed by atoms with Gasteiger partial charge in [0.1, 0.15) is 0 Å². The summed E-state index contributed by atoms with van der Waals surface area (Å²) in [7, 11) is 0. The molecule has 9 heteroatoms. The van der Waals surface area contributed by atoms with Crippen molar-refractivity contribution in [3.63, 3.8) is 0 Å². The van der Waals surface area contributed by atoms with E-state index in [1.165, 1.54) is 31.2 Å². The normalized spacial score (nSPS) is 12.2. The topological polar surface area (TPSA) is 158 Å². The fourth-order valence-electron chi connectivity index (χ4n) is 1.98. The number of ether oxygens (including phenoxy) is 1. The zero-order valence-corrected chi connectivity index (χ0v) is 12.6. The molecule has 24 heavy (non-hydrogen) atoms. The third-order valence-electron chi connectivity index (χ3n) is 3.16. The smallest absolute Gasteiger partial charge is 0.349 e. The molecule has 1 unspecified atom stereocenters. The number of benzene rings is 1. The van der Waals surface area contributed by atoms with E-state index in [1.807, 2.05) is 0 Å². The number of aliphatic carboxylic acids is 3. The number of esters is 1. The highest BCUT2D eigenvalue weighted by molar-refractivity contribution is 5.95. The van der Waals surface area contributed by atoms with Gasteiger partial charge in [0.15, 0.2) is 0 Å². The van der Waals surface area contributed by atoms with Gasteiger partial charge in [-0.3, -0.25) is 9.59 Å². The number of rotatable bonds is 8.